The number of ether oxygens (including phenoxy) is 1. The van der Waals surface area contributed by atoms with E-state index in [2.05, 4.69) is 15.5 Å². The molecule has 32 heavy (non-hydrogen) atoms. The van der Waals surface area contributed by atoms with E-state index >= 15 is 0 Å². The van der Waals surface area contributed by atoms with Gasteiger partial charge in [-0.2, -0.15) is 0 Å². The number of carbonyl (C=O) groups excluding carboxylic acids is 1. The highest BCUT2D eigenvalue weighted by molar-refractivity contribution is 8.00. The van der Waals surface area contributed by atoms with E-state index in [0.29, 0.717) is 22.4 Å². The van der Waals surface area contributed by atoms with Gasteiger partial charge in [0.15, 0.2) is 5.82 Å². The second-order valence-electron chi connectivity index (χ2n) is 7.23. The van der Waals surface area contributed by atoms with Crippen molar-refractivity contribution in [1.82, 2.24) is 14.9 Å². The quantitative estimate of drug-likeness (QED) is 0.311. The SMILES string of the molecule is Cc1ccc(-c2nnc(SC(C)C(=O)Nc3ccc(Oc4ccccc4)cc3)n2N)cc1. The minimum Gasteiger partial charge on any atom is -0.457 e. The molecule has 1 unspecified atom stereocenters. The Morgan fingerprint density at radius 2 is 1.62 bits per heavy atom. The summed E-state index contributed by atoms with van der Waals surface area (Å²) in [6.45, 7) is 3.81. The van der Waals surface area contributed by atoms with Crippen molar-refractivity contribution in [2.24, 2.45) is 0 Å². The average Bonchev–Trinajstić information content (AvgIpc) is 3.16. The molecule has 1 aromatic heterocycles. The Bertz CT molecular complexity index is 1190. The zero-order valence-corrected chi connectivity index (χ0v) is 18.5. The maximum absolute atomic E-state index is 12.7. The number of aryl methyl sites for hydroxylation is 1. The van der Waals surface area contributed by atoms with Crippen molar-refractivity contribution >= 4 is 23.4 Å². The molecular formula is C24H23N5O2S. The lowest BCUT2D eigenvalue weighted by atomic mass is 10.1. The maximum Gasteiger partial charge on any atom is 0.237 e. The van der Waals surface area contributed by atoms with Crippen molar-refractivity contribution in [2.75, 3.05) is 11.2 Å². The van der Waals surface area contributed by atoms with Gasteiger partial charge in [-0.05, 0) is 50.2 Å². The Morgan fingerprint density at radius 3 is 2.31 bits per heavy atom. The third kappa shape index (κ3) is 5.09. The highest BCUT2D eigenvalue weighted by atomic mass is 32.2. The molecule has 4 rings (SSSR count). The second kappa shape index (κ2) is 9.57. The number of thioether (sulfide) groups is 1. The predicted molar refractivity (Wildman–Crippen MR) is 127 cm³/mol. The van der Waals surface area contributed by atoms with E-state index in [-0.39, 0.29) is 5.91 Å². The van der Waals surface area contributed by atoms with Gasteiger partial charge < -0.3 is 15.9 Å². The number of nitrogens with one attached hydrogen (secondary N) is 1. The third-order valence-electron chi connectivity index (χ3n) is 4.73. The van der Waals surface area contributed by atoms with Gasteiger partial charge in [0.25, 0.3) is 0 Å². The molecule has 8 heteroatoms. The molecule has 0 aliphatic carbocycles. The molecule has 7 nitrogen and oxygen atoms in total. The molecule has 3 N–H and O–H groups in total. The molecule has 1 atom stereocenters. The summed E-state index contributed by atoms with van der Waals surface area (Å²) in [5, 5.41) is 11.3. The summed E-state index contributed by atoms with van der Waals surface area (Å²) < 4.78 is 7.19. The van der Waals surface area contributed by atoms with Gasteiger partial charge in [0.1, 0.15) is 11.5 Å². The lowest BCUT2D eigenvalue weighted by molar-refractivity contribution is -0.115. The number of para-hydroxylation sites is 1. The Kier molecular flexibility index (Phi) is 6.42. The summed E-state index contributed by atoms with van der Waals surface area (Å²) in [5.41, 5.74) is 2.70. The molecule has 1 heterocycles. The summed E-state index contributed by atoms with van der Waals surface area (Å²) in [6, 6.07) is 24.6. The van der Waals surface area contributed by atoms with E-state index in [9.17, 15) is 4.79 Å². The molecule has 0 spiro atoms. The highest BCUT2D eigenvalue weighted by Crippen LogP contribution is 2.27. The highest BCUT2D eigenvalue weighted by Gasteiger charge is 2.20. The van der Waals surface area contributed by atoms with Gasteiger partial charge in [0.2, 0.25) is 11.1 Å². The van der Waals surface area contributed by atoms with E-state index in [0.717, 1.165) is 16.9 Å². The van der Waals surface area contributed by atoms with Gasteiger partial charge >= 0.3 is 0 Å². The number of nitrogens with two attached hydrogens (primary N) is 1. The van der Waals surface area contributed by atoms with Crippen LogP contribution in [0.3, 0.4) is 0 Å². The van der Waals surface area contributed by atoms with Gasteiger partial charge in [-0.25, -0.2) is 4.68 Å². The molecule has 3 aromatic carbocycles. The lowest BCUT2D eigenvalue weighted by Gasteiger charge is -2.12. The topological polar surface area (TPSA) is 95.1 Å². The molecule has 0 radical (unpaired) electrons. The summed E-state index contributed by atoms with van der Waals surface area (Å²) >= 11 is 1.25. The largest absolute Gasteiger partial charge is 0.457 e. The van der Waals surface area contributed by atoms with Crippen molar-refractivity contribution in [3.05, 3.63) is 84.4 Å². The molecule has 0 bridgehead atoms. The van der Waals surface area contributed by atoms with Crippen LogP contribution in [0.25, 0.3) is 11.4 Å². The molecule has 0 saturated heterocycles. The first-order chi connectivity index (χ1) is 15.5. The summed E-state index contributed by atoms with van der Waals surface area (Å²) in [7, 11) is 0. The summed E-state index contributed by atoms with van der Waals surface area (Å²) in [5.74, 6) is 8.02. The number of aromatic nitrogens is 3. The number of hydrogen-bond acceptors (Lipinski definition) is 6. The van der Waals surface area contributed by atoms with Crippen molar-refractivity contribution in [1.29, 1.82) is 0 Å². The molecular weight excluding hydrogens is 422 g/mol. The standard InChI is InChI=1S/C24H23N5O2S/c1-16-8-10-18(11-9-16)22-27-28-24(29(22)25)32-17(2)23(30)26-19-12-14-21(15-13-19)31-20-6-4-3-5-7-20/h3-15,17H,25H2,1-2H3,(H,26,30). The number of rotatable bonds is 7. The Morgan fingerprint density at radius 1 is 0.969 bits per heavy atom. The van der Waals surface area contributed by atoms with Crippen molar-refractivity contribution < 1.29 is 9.53 Å². The van der Waals surface area contributed by atoms with Crippen LogP contribution in [-0.4, -0.2) is 26.0 Å². The number of carbonyl (C=O) groups is 1. The van der Waals surface area contributed by atoms with Crippen molar-refractivity contribution in [2.45, 2.75) is 24.3 Å². The molecule has 4 aromatic rings. The molecule has 162 valence electrons. The zero-order chi connectivity index (χ0) is 22.5. The van der Waals surface area contributed by atoms with Crippen LogP contribution in [0.5, 0.6) is 11.5 Å². The number of benzene rings is 3. The van der Waals surface area contributed by atoms with Gasteiger partial charge in [0.05, 0.1) is 5.25 Å². The predicted octanol–water partition coefficient (Wildman–Crippen LogP) is 4.88. The number of amides is 1. The number of nitrogens with zero attached hydrogens (tertiary/aromatic N) is 3. The minimum atomic E-state index is -0.424. The molecule has 0 aliphatic heterocycles. The van der Waals surface area contributed by atoms with Crippen LogP contribution in [0.2, 0.25) is 0 Å². The van der Waals surface area contributed by atoms with E-state index < -0.39 is 5.25 Å². The van der Waals surface area contributed by atoms with Crippen LogP contribution in [0.4, 0.5) is 5.69 Å². The summed E-state index contributed by atoms with van der Waals surface area (Å²) in [6.07, 6.45) is 0. The van der Waals surface area contributed by atoms with Crippen LogP contribution < -0.4 is 15.9 Å². The average molecular weight is 446 g/mol. The van der Waals surface area contributed by atoms with Crippen LogP contribution in [0.1, 0.15) is 12.5 Å². The fraction of sp³-hybridized carbons (Fsp3) is 0.125. The molecule has 0 fully saturated rings. The van der Waals surface area contributed by atoms with E-state index in [1.54, 1.807) is 19.1 Å². The number of nitrogen functional groups attached to an aromatic ring is 1. The van der Waals surface area contributed by atoms with Gasteiger partial charge in [-0.15, -0.1) is 10.2 Å². The maximum atomic E-state index is 12.7. The minimum absolute atomic E-state index is 0.161. The van der Waals surface area contributed by atoms with Crippen molar-refractivity contribution in [3.8, 4) is 22.9 Å². The summed E-state index contributed by atoms with van der Waals surface area (Å²) in [4.78, 5) is 12.7. The van der Waals surface area contributed by atoms with Crippen LogP contribution in [0, 0.1) is 6.92 Å². The van der Waals surface area contributed by atoms with E-state index in [4.69, 9.17) is 10.6 Å². The smallest absolute Gasteiger partial charge is 0.237 e. The lowest BCUT2D eigenvalue weighted by Crippen LogP contribution is -2.23. The number of anilines is 1. The Hall–Kier alpha value is -3.78. The van der Waals surface area contributed by atoms with E-state index in [1.807, 2.05) is 73.7 Å². The first-order valence-electron chi connectivity index (χ1n) is 10.1. The molecule has 0 aliphatic rings. The van der Waals surface area contributed by atoms with Gasteiger partial charge in [0, 0.05) is 11.3 Å². The van der Waals surface area contributed by atoms with Gasteiger partial charge in [-0.3, -0.25) is 4.79 Å². The zero-order valence-electron chi connectivity index (χ0n) is 17.7. The Balaban J connectivity index is 1.36. The first kappa shape index (κ1) is 21.5. The fourth-order valence-corrected chi connectivity index (χ4v) is 3.71. The Labute approximate surface area is 190 Å². The van der Waals surface area contributed by atoms with E-state index in [1.165, 1.54) is 16.4 Å². The van der Waals surface area contributed by atoms with Crippen molar-refractivity contribution in [3.63, 3.8) is 0 Å². The van der Waals surface area contributed by atoms with Crippen LogP contribution in [-0.2, 0) is 4.79 Å². The number of hydrogen-bond donors (Lipinski definition) is 2. The first-order valence-corrected chi connectivity index (χ1v) is 11.0. The second-order valence-corrected chi connectivity index (χ2v) is 8.54. The normalized spacial score (nSPS) is 11.7. The van der Waals surface area contributed by atoms with Crippen LogP contribution >= 0.6 is 11.8 Å². The fourth-order valence-electron chi connectivity index (χ4n) is 2.94. The molecule has 1 amide bonds. The molecule has 0 saturated carbocycles. The van der Waals surface area contributed by atoms with Gasteiger partial charge in [-0.1, -0.05) is 59.8 Å². The monoisotopic (exact) mass is 445 g/mol. The van der Waals surface area contributed by atoms with Crippen LogP contribution in [0.15, 0.2) is 84.0 Å². The third-order valence-corrected chi connectivity index (χ3v) is 5.78.